The molecule has 0 saturated carbocycles. The standard InChI is InChI=1S/C16H9ClN2O6/c17-12-7-9(19(23)24)5-6-13(12)25-14(20)8-18-15(21)10-3-1-2-4-11(10)16(18)22/h1-7H,8H2. The van der Waals surface area contributed by atoms with E-state index in [0.717, 1.165) is 17.0 Å². The molecule has 126 valence electrons. The van der Waals surface area contributed by atoms with Crippen molar-refractivity contribution in [1.82, 2.24) is 4.90 Å². The van der Waals surface area contributed by atoms with Crippen molar-refractivity contribution in [1.29, 1.82) is 0 Å². The molecule has 0 radical (unpaired) electrons. The second-order valence-corrected chi connectivity index (χ2v) is 5.50. The molecule has 0 bridgehead atoms. The zero-order valence-electron chi connectivity index (χ0n) is 12.5. The number of carbonyl (C=O) groups excluding carboxylic acids is 3. The van der Waals surface area contributed by atoms with Gasteiger partial charge in [-0.15, -0.1) is 0 Å². The summed E-state index contributed by atoms with van der Waals surface area (Å²) < 4.78 is 5.00. The van der Waals surface area contributed by atoms with E-state index in [1.54, 1.807) is 12.1 Å². The number of benzene rings is 2. The van der Waals surface area contributed by atoms with Crippen molar-refractivity contribution in [2.75, 3.05) is 6.54 Å². The maximum Gasteiger partial charge on any atom is 0.331 e. The van der Waals surface area contributed by atoms with E-state index in [9.17, 15) is 24.5 Å². The molecule has 0 unspecified atom stereocenters. The normalized spacial score (nSPS) is 12.9. The van der Waals surface area contributed by atoms with Crippen LogP contribution < -0.4 is 4.74 Å². The number of imide groups is 1. The lowest BCUT2D eigenvalue weighted by atomic mass is 10.1. The summed E-state index contributed by atoms with van der Waals surface area (Å²) in [5.74, 6) is -2.18. The van der Waals surface area contributed by atoms with Crippen LogP contribution in [0.3, 0.4) is 0 Å². The molecule has 9 heteroatoms. The Kier molecular flexibility index (Phi) is 4.20. The molecule has 1 heterocycles. The van der Waals surface area contributed by atoms with E-state index in [1.165, 1.54) is 18.2 Å². The second kappa shape index (κ2) is 6.33. The van der Waals surface area contributed by atoms with Gasteiger partial charge in [-0.05, 0) is 18.2 Å². The first-order valence-corrected chi connectivity index (χ1v) is 7.36. The van der Waals surface area contributed by atoms with Crippen molar-refractivity contribution in [2.45, 2.75) is 0 Å². The van der Waals surface area contributed by atoms with Crippen LogP contribution >= 0.6 is 11.6 Å². The Bertz CT molecular complexity index is 892. The van der Waals surface area contributed by atoms with Crippen LogP contribution in [0.2, 0.25) is 5.02 Å². The Hall–Kier alpha value is -3.26. The van der Waals surface area contributed by atoms with Gasteiger partial charge in [0, 0.05) is 12.1 Å². The zero-order valence-corrected chi connectivity index (χ0v) is 13.2. The molecular formula is C16H9ClN2O6. The molecule has 0 aliphatic carbocycles. The Balaban J connectivity index is 1.73. The van der Waals surface area contributed by atoms with Gasteiger partial charge in [0.05, 0.1) is 21.1 Å². The first-order chi connectivity index (χ1) is 11.9. The number of nitro benzene ring substituents is 1. The Morgan fingerprint density at radius 2 is 1.72 bits per heavy atom. The number of non-ortho nitro benzene ring substituents is 1. The highest BCUT2D eigenvalue weighted by atomic mass is 35.5. The van der Waals surface area contributed by atoms with E-state index in [4.69, 9.17) is 16.3 Å². The Morgan fingerprint density at radius 3 is 2.24 bits per heavy atom. The SMILES string of the molecule is O=C(CN1C(=O)c2ccccc2C1=O)Oc1ccc([N+](=O)[O-])cc1Cl. The van der Waals surface area contributed by atoms with Gasteiger partial charge in [0.1, 0.15) is 12.3 Å². The van der Waals surface area contributed by atoms with Crippen molar-refractivity contribution in [3.63, 3.8) is 0 Å². The van der Waals surface area contributed by atoms with Crippen molar-refractivity contribution in [2.24, 2.45) is 0 Å². The first kappa shape index (κ1) is 16.6. The molecule has 0 saturated heterocycles. The molecule has 2 amide bonds. The Morgan fingerprint density at radius 1 is 1.12 bits per heavy atom. The summed E-state index contributed by atoms with van der Waals surface area (Å²) in [7, 11) is 0. The molecule has 1 aliphatic heterocycles. The number of ether oxygens (including phenoxy) is 1. The topological polar surface area (TPSA) is 107 Å². The van der Waals surface area contributed by atoms with E-state index in [2.05, 4.69) is 0 Å². The maximum absolute atomic E-state index is 12.2. The lowest BCUT2D eigenvalue weighted by molar-refractivity contribution is -0.384. The van der Waals surface area contributed by atoms with Gasteiger partial charge in [-0.1, -0.05) is 23.7 Å². The predicted molar refractivity (Wildman–Crippen MR) is 85.6 cm³/mol. The zero-order chi connectivity index (χ0) is 18.1. The number of rotatable bonds is 4. The van der Waals surface area contributed by atoms with Gasteiger partial charge in [0.25, 0.3) is 17.5 Å². The van der Waals surface area contributed by atoms with Gasteiger partial charge in [-0.25, -0.2) is 4.79 Å². The van der Waals surface area contributed by atoms with E-state index >= 15 is 0 Å². The van der Waals surface area contributed by atoms with Crippen molar-refractivity contribution >= 4 is 35.1 Å². The number of hydrogen-bond donors (Lipinski definition) is 0. The summed E-state index contributed by atoms with van der Waals surface area (Å²) >= 11 is 5.84. The summed E-state index contributed by atoms with van der Waals surface area (Å²) in [6, 6.07) is 9.54. The minimum Gasteiger partial charge on any atom is -0.424 e. The van der Waals surface area contributed by atoms with Crippen LogP contribution in [0.25, 0.3) is 0 Å². The maximum atomic E-state index is 12.2. The number of halogens is 1. The fourth-order valence-electron chi connectivity index (χ4n) is 2.35. The van der Waals surface area contributed by atoms with Crippen LogP contribution in [0.5, 0.6) is 5.75 Å². The molecule has 25 heavy (non-hydrogen) atoms. The third kappa shape index (κ3) is 3.07. The lowest BCUT2D eigenvalue weighted by Gasteiger charge is -2.13. The van der Waals surface area contributed by atoms with Gasteiger partial charge in [0.2, 0.25) is 0 Å². The number of carbonyl (C=O) groups is 3. The average Bonchev–Trinajstić information content (AvgIpc) is 2.82. The summed E-state index contributed by atoms with van der Waals surface area (Å²) in [4.78, 5) is 47.2. The van der Waals surface area contributed by atoms with Crippen LogP contribution in [0, 0.1) is 10.1 Å². The molecule has 0 fully saturated rings. The van der Waals surface area contributed by atoms with Crippen LogP contribution in [0.4, 0.5) is 5.69 Å². The minimum absolute atomic E-state index is 0.103. The smallest absolute Gasteiger partial charge is 0.331 e. The summed E-state index contributed by atoms with van der Waals surface area (Å²) in [5, 5.41) is 10.5. The molecule has 0 N–H and O–H groups in total. The van der Waals surface area contributed by atoms with Crippen molar-refractivity contribution < 1.29 is 24.0 Å². The fourth-order valence-corrected chi connectivity index (χ4v) is 2.57. The van der Waals surface area contributed by atoms with E-state index in [-0.39, 0.29) is 27.6 Å². The molecule has 0 aromatic heterocycles. The molecule has 1 aliphatic rings. The number of esters is 1. The predicted octanol–water partition coefficient (Wildman–Crippen LogP) is 2.45. The lowest BCUT2D eigenvalue weighted by Crippen LogP contribution is -2.36. The van der Waals surface area contributed by atoms with Gasteiger partial charge in [-0.2, -0.15) is 0 Å². The summed E-state index contributed by atoms with van der Waals surface area (Å²) in [6.45, 7) is -0.598. The number of fused-ring (bicyclic) bond motifs is 1. The average molecular weight is 361 g/mol. The largest absolute Gasteiger partial charge is 0.424 e. The summed E-state index contributed by atoms with van der Waals surface area (Å²) in [6.07, 6.45) is 0. The highest BCUT2D eigenvalue weighted by molar-refractivity contribution is 6.32. The number of amides is 2. The van der Waals surface area contributed by atoms with Gasteiger partial charge < -0.3 is 4.74 Å². The quantitative estimate of drug-likeness (QED) is 0.272. The van der Waals surface area contributed by atoms with Crippen LogP contribution in [-0.4, -0.2) is 34.2 Å². The van der Waals surface area contributed by atoms with Crippen molar-refractivity contribution in [3.8, 4) is 5.75 Å². The van der Waals surface area contributed by atoms with Gasteiger partial charge >= 0.3 is 5.97 Å². The van der Waals surface area contributed by atoms with Crippen molar-refractivity contribution in [3.05, 3.63) is 68.7 Å². The highest BCUT2D eigenvalue weighted by Crippen LogP contribution is 2.29. The van der Waals surface area contributed by atoms with E-state index in [0.29, 0.717) is 0 Å². The molecule has 8 nitrogen and oxygen atoms in total. The summed E-state index contributed by atoms with van der Waals surface area (Å²) in [5.41, 5.74) is 0.174. The van der Waals surface area contributed by atoms with Crippen LogP contribution in [0.1, 0.15) is 20.7 Å². The van der Waals surface area contributed by atoms with Crippen LogP contribution in [-0.2, 0) is 4.79 Å². The van der Waals surface area contributed by atoms with E-state index in [1.807, 2.05) is 0 Å². The molecule has 0 spiro atoms. The number of nitrogens with zero attached hydrogens (tertiary/aromatic N) is 2. The second-order valence-electron chi connectivity index (χ2n) is 5.09. The third-order valence-corrected chi connectivity index (χ3v) is 3.81. The van der Waals surface area contributed by atoms with Gasteiger partial charge in [-0.3, -0.25) is 24.6 Å². The van der Waals surface area contributed by atoms with Gasteiger partial charge in [0.15, 0.2) is 0 Å². The molecule has 3 rings (SSSR count). The highest BCUT2D eigenvalue weighted by Gasteiger charge is 2.36. The first-order valence-electron chi connectivity index (χ1n) is 6.98. The third-order valence-electron chi connectivity index (χ3n) is 3.52. The fraction of sp³-hybridized carbons (Fsp3) is 0.0625. The van der Waals surface area contributed by atoms with Crippen LogP contribution in [0.15, 0.2) is 42.5 Å². The number of nitro groups is 1. The minimum atomic E-state index is -0.898. The molecular weight excluding hydrogens is 352 g/mol. The monoisotopic (exact) mass is 360 g/mol. The molecule has 2 aromatic carbocycles. The molecule has 0 atom stereocenters. The Labute approximate surface area is 145 Å². The molecule has 2 aromatic rings. The number of hydrogen-bond acceptors (Lipinski definition) is 6. The van der Waals surface area contributed by atoms with E-state index < -0.39 is 29.3 Å².